The van der Waals surface area contributed by atoms with E-state index in [9.17, 15) is 19.2 Å². The van der Waals surface area contributed by atoms with E-state index in [1.165, 1.54) is 25.1 Å². The molecule has 2 rings (SSSR count). The van der Waals surface area contributed by atoms with Gasteiger partial charge in [-0.3, -0.25) is 10.1 Å². The summed E-state index contributed by atoms with van der Waals surface area (Å²) in [5.74, 6) is -1.82. The number of urea groups is 1. The Morgan fingerprint density at radius 1 is 0.967 bits per heavy atom. The molecule has 0 aromatic heterocycles. The van der Waals surface area contributed by atoms with E-state index in [4.69, 9.17) is 14.2 Å². The summed E-state index contributed by atoms with van der Waals surface area (Å²) in [6, 6.07) is 3.56. The fourth-order valence-corrected chi connectivity index (χ4v) is 3.09. The van der Waals surface area contributed by atoms with Crippen molar-refractivity contribution in [3.05, 3.63) is 29.3 Å². The fraction of sp³-hybridized carbons (Fsp3) is 0.524. The number of benzene rings is 1. The Bertz CT molecular complexity index is 751. The number of esters is 2. The predicted molar refractivity (Wildman–Crippen MR) is 107 cm³/mol. The van der Waals surface area contributed by atoms with Crippen molar-refractivity contribution in [2.45, 2.75) is 58.6 Å². The summed E-state index contributed by atoms with van der Waals surface area (Å²) >= 11 is 0. The van der Waals surface area contributed by atoms with E-state index in [0.29, 0.717) is 0 Å². The van der Waals surface area contributed by atoms with Gasteiger partial charge in [0, 0.05) is 6.04 Å². The second-order valence-corrected chi connectivity index (χ2v) is 6.89. The summed E-state index contributed by atoms with van der Waals surface area (Å²) in [5.41, 5.74) is 0.174. The van der Waals surface area contributed by atoms with Gasteiger partial charge in [-0.1, -0.05) is 12.8 Å². The third kappa shape index (κ3) is 6.75. The molecule has 9 nitrogen and oxygen atoms in total. The quantitative estimate of drug-likeness (QED) is 0.620. The number of hydrogen-bond donors (Lipinski definition) is 2. The zero-order chi connectivity index (χ0) is 22.1. The first-order valence-electron chi connectivity index (χ1n) is 10.1. The number of rotatable bonds is 8. The molecule has 0 unspecified atom stereocenters. The van der Waals surface area contributed by atoms with Crippen LogP contribution in [0.3, 0.4) is 0 Å². The van der Waals surface area contributed by atoms with Crippen molar-refractivity contribution in [2.75, 3.05) is 13.2 Å². The standard InChI is InChI=1S/C21H28N2O7/c1-4-28-19(25)14-10-15(20(26)29-5-2)12-17(11-14)30-13(3)18(24)23-21(27)22-16-8-6-7-9-16/h10-13,16H,4-9H2,1-3H3,(H2,22,23,24,27)/t13-/m1/s1. The van der Waals surface area contributed by atoms with Gasteiger partial charge in [0.2, 0.25) is 0 Å². The van der Waals surface area contributed by atoms with Crippen molar-refractivity contribution >= 4 is 23.9 Å². The summed E-state index contributed by atoms with van der Waals surface area (Å²) in [6.45, 7) is 5.10. The summed E-state index contributed by atoms with van der Waals surface area (Å²) in [6.07, 6.45) is 2.85. The Labute approximate surface area is 175 Å². The van der Waals surface area contributed by atoms with Crippen LogP contribution < -0.4 is 15.4 Å². The van der Waals surface area contributed by atoms with E-state index in [1.54, 1.807) is 13.8 Å². The van der Waals surface area contributed by atoms with E-state index in [2.05, 4.69) is 10.6 Å². The number of nitrogens with one attached hydrogen (secondary N) is 2. The maximum Gasteiger partial charge on any atom is 0.338 e. The Hall–Kier alpha value is -3.10. The van der Waals surface area contributed by atoms with E-state index >= 15 is 0 Å². The summed E-state index contributed by atoms with van der Waals surface area (Å²) < 4.78 is 15.5. The van der Waals surface area contributed by atoms with Crippen molar-refractivity contribution in [3.63, 3.8) is 0 Å². The molecule has 1 aromatic carbocycles. The molecule has 2 N–H and O–H groups in total. The van der Waals surface area contributed by atoms with Gasteiger partial charge in [0.05, 0.1) is 24.3 Å². The highest BCUT2D eigenvalue weighted by molar-refractivity contribution is 5.97. The molecule has 1 aliphatic rings. The molecule has 0 spiro atoms. The van der Waals surface area contributed by atoms with Crippen molar-refractivity contribution in [1.82, 2.24) is 10.6 Å². The van der Waals surface area contributed by atoms with Crippen LogP contribution in [-0.2, 0) is 14.3 Å². The lowest BCUT2D eigenvalue weighted by atomic mass is 10.1. The summed E-state index contributed by atoms with van der Waals surface area (Å²) in [5, 5.41) is 5.00. The predicted octanol–water partition coefficient (Wildman–Crippen LogP) is 2.58. The van der Waals surface area contributed by atoms with Crippen molar-refractivity contribution in [1.29, 1.82) is 0 Å². The third-order valence-electron chi connectivity index (χ3n) is 4.54. The molecular weight excluding hydrogens is 392 g/mol. The van der Waals surface area contributed by atoms with Crippen LogP contribution in [0.4, 0.5) is 4.79 Å². The molecule has 0 radical (unpaired) electrons. The average molecular weight is 420 g/mol. The maximum absolute atomic E-state index is 12.3. The van der Waals surface area contributed by atoms with Gasteiger partial charge in [-0.2, -0.15) is 0 Å². The van der Waals surface area contributed by atoms with E-state index in [0.717, 1.165) is 25.7 Å². The number of carbonyl (C=O) groups excluding carboxylic acids is 4. The fourth-order valence-electron chi connectivity index (χ4n) is 3.09. The SMILES string of the molecule is CCOC(=O)c1cc(O[C@H](C)C(=O)NC(=O)NC2CCCC2)cc(C(=O)OCC)c1. The Kier molecular flexibility index (Phi) is 8.64. The van der Waals surface area contributed by atoms with Crippen LogP contribution in [-0.4, -0.2) is 49.2 Å². The molecule has 1 fully saturated rings. The molecule has 9 heteroatoms. The Morgan fingerprint density at radius 3 is 2.00 bits per heavy atom. The molecule has 1 atom stereocenters. The van der Waals surface area contributed by atoms with Gasteiger partial charge in [0.1, 0.15) is 5.75 Å². The lowest BCUT2D eigenvalue weighted by Crippen LogP contribution is -2.47. The third-order valence-corrected chi connectivity index (χ3v) is 4.54. The van der Waals surface area contributed by atoms with Gasteiger partial charge in [-0.25, -0.2) is 14.4 Å². The lowest BCUT2D eigenvalue weighted by Gasteiger charge is -2.17. The first-order chi connectivity index (χ1) is 14.3. The smallest absolute Gasteiger partial charge is 0.338 e. The molecular formula is C21H28N2O7. The number of imide groups is 1. The van der Waals surface area contributed by atoms with Gasteiger partial charge < -0.3 is 19.5 Å². The van der Waals surface area contributed by atoms with Crippen molar-refractivity contribution in [2.24, 2.45) is 0 Å². The minimum atomic E-state index is -1.05. The minimum absolute atomic E-state index is 0.0717. The molecule has 3 amide bonds. The van der Waals surface area contributed by atoms with Crippen LogP contribution >= 0.6 is 0 Å². The lowest BCUT2D eigenvalue weighted by molar-refractivity contribution is -0.126. The Morgan fingerprint density at radius 2 is 1.50 bits per heavy atom. The number of hydrogen-bond acceptors (Lipinski definition) is 7. The van der Waals surface area contributed by atoms with Gasteiger partial charge in [0.15, 0.2) is 6.10 Å². The van der Waals surface area contributed by atoms with E-state index < -0.39 is 30.0 Å². The zero-order valence-corrected chi connectivity index (χ0v) is 17.5. The van der Waals surface area contributed by atoms with Crippen LogP contribution in [0, 0.1) is 0 Å². The maximum atomic E-state index is 12.3. The molecule has 0 saturated heterocycles. The topological polar surface area (TPSA) is 120 Å². The zero-order valence-electron chi connectivity index (χ0n) is 17.5. The minimum Gasteiger partial charge on any atom is -0.481 e. The molecule has 164 valence electrons. The summed E-state index contributed by atoms with van der Waals surface area (Å²) in [7, 11) is 0. The van der Waals surface area contributed by atoms with Gasteiger partial charge >= 0.3 is 18.0 Å². The second kappa shape index (κ2) is 11.2. The Balaban J connectivity index is 2.08. The monoisotopic (exact) mass is 420 g/mol. The van der Waals surface area contributed by atoms with Crippen molar-refractivity contribution in [3.8, 4) is 5.75 Å². The highest BCUT2D eigenvalue weighted by Gasteiger charge is 2.22. The van der Waals surface area contributed by atoms with E-state index in [-0.39, 0.29) is 36.1 Å². The van der Waals surface area contributed by atoms with Gasteiger partial charge in [0.25, 0.3) is 5.91 Å². The molecule has 1 aliphatic carbocycles. The second-order valence-electron chi connectivity index (χ2n) is 6.89. The van der Waals surface area contributed by atoms with Gasteiger partial charge in [-0.15, -0.1) is 0 Å². The first kappa shape index (κ1) is 23.2. The summed E-state index contributed by atoms with van der Waals surface area (Å²) in [4.78, 5) is 48.5. The van der Waals surface area contributed by atoms with Crippen LogP contribution in [0.1, 0.15) is 67.2 Å². The molecule has 0 bridgehead atoms. The molecule has 0 aliphatic heterocycles. The van der Waals surface area contributed by atoms with Crippen LogP contribution in [0.25, 0.3) is 0 Å². The van der Waals surface area contributed by atoms with Crippen LogP contribution in [0.5, 0.6) is 5.75 Å². The molecule has 1 aromatic rings. The highest BCUT2D eigenvalue weighted by Crippen LogP contribution is 2.21. The molecule has 0 heterocycles. The van der Waals surface area contributed by atoms with Crippen molar-refractivity contribution < 1.29 is 33.4 Å². The van der Waals surface area contributed by atoms with Crippen LogP contribution in [0.15, 0.2) is 18.2 Å². The van der Waals surface area contributed by atoms with Gasteiger partial charge in [-0.05, 0) is 51.8 Å². The normalized spacial score (nSPS) is 14.5. The first-order valence-corrected chi connectivity index (χ1v) is 10.1. The number of amides is 3. The number of carbonyl (C=O) groups is 4. The largest absolute Gasteiger partial charge is 0.481 e. The van der Waals surface area contributed by atoms with E-state index in [1.807, 2.05) is 0 Å². The number of ether oxygens (including phenoxy) is 3. The molecule has 1 saturated carbocycles. The highest BCUT2D eigenvalue weighted by atomic mass is 16.5. The van der Waals surface area contributed by atoms with Crippen LogP contribution in [0.2, 0.25) is 0 Å². The molecule has 30 heavy (non-hydrogen) atoms. The average Bonchev–Trinajstić information content (AvgIpc) is 3.20.